The molecule has 0 saturated carbocycles. The van der Waals surface area contributed by atoms with Gasteiger partial charge in [0.15, 0.2) is 0 Å². The highest BCUT2D eigenvalue weighted by Gasteiger charge is 2.45. The van der Waals surface area contributed by atoms with Gasteiger partial charge in [0, 0.05) is 12.1 Å². The number of ether oxygens (including phenoxy) is 2. The van der Waals surface area contributed by atoms with Crippen LogP contribution in [0, 0.1) is 0 Å². The summed E-state index contributed by atoms with van der Waals surface area (Å²) in [4.78, 5) is 30.7. The first-order valence-electron chi connectivity index (χ1n) is 15.0. The lowest BCUT2D eigenvalue weighted by molar-refractivity contribution is -0.140. The Morgan fingerprint density at radius 2 is 1.60 bits per heavy atom. The molecule has 222 valence electrons. The van der Waals surface area contributed by atoms with Gasteiger partial charge in [-0.25, -0.2) is 0 Å². The Morgan fingerprint density at radius 1 is 0.857 bits per heavy atom. The Bertz CT molecular complexity index is 1350. The standard InChI is InChI=1S/C35H42N2O5/c1-4-7-23-41-30-16-11-15-28(24-30)33(38)31-32(37(35(40)34(31)39)22-12-21-36(5-2)6-3)27-17-19-29(20-18-27)42-25-26-13-9-8-10-14-26/h8-11,13-20,24,32,38H,4-7,12,21-23,25H2,1-3H3/b33-31+. The zero-order chi connectivity index (χ0) is 29.9. The number of nitrogens with zero attached hydrogens (tertiary/aromatic N) is 2. The largest absolute Gasteiger partial charge is 0.507 e. The molecule has 1 unspecified atom stereocenters. The van der Waals surface area contributed by atoms with Crippen LogP contribution >= 0.6 is 0 Å². The maximum atomic E-state index is 13.5. The molecule has 1 aliphatic heterocycles. The summed E-state index contributed by atoms with van der Waals surface area (Å²) in [6.07, 6.45) is 2.64. The summed E-state index contributed by atoms with van der Waals surface area (Å²) in [5.41, 5.74) is 2.33. The van der Waals surface area contributed by atoms with E-state index in [0.29, 0.717) is 43.2 Å². The van der Waals surface area contributed by atoms with Crippen LogP contribution in [0.15, 0.2) is 84.4 Å². The Balaban J connectivity index is 1.64. The number of likely N-dealkylation sites (tertiary alicyclic amines) is 1. The summed E-state index contributed by atoms with van der Waals surface area (Å²) in [6.45, 7) is 10.3. The lowest BCUT2D eigenvalue weighted by Crippen LogP contribution is -2.33. The third-order valence-corrected chi connectivity index (χ3v) is 7.63. The van der Waals surface area contributed by atoms with Gasteiger partial charge in [0.25, 0.3) is 11.7 Å². The van der Waals surface area contributed by atoms with Gasteiger partial charge in [0.2, 0.25) is 0 Å². The number of carbonyl (C=O) groups is 2. The molecule has 1 heterocycles. The van der Waals surface area contributed by atoms with Crippen LogP contribution in [0.3, 0.4) is 0 Å². The number of benzene rings is 3. The van der Waals surface area contributed by atoms with E-state index in [-0.39, 0.29) is 11.3 Å². The van der Waals surface area contributed by atoms with Crippen LogP contribution in [-0.2, 0) is 16.2 Å². The van der Waals surface area contributed by atoms with E-state index in [9.17, 15) is 14.7 Å². The SMILES string of the molecule is CCCCOc1cccc(/C(O)=C2\C(=O)C(=O)N(CCCN(CC)CC)C2c2ccc(OCc3ccccc3)cc2)c1. The van der Waals surface area contributed by atoms with E-state index < -0.39 is 17.7 Å². The minimum Gasteiger partial charge on any atom is -0.507 e. The van der Waals surface area contributed by atoms with E-state index in [1.165, 1.54) is 0 Å². The van der Waals surface area contributed by atoms with E-state index in [1.54, 1.807) is 23.1 Å². The number of carbonyl (C=O) groups excluding carboxylic acids is 2. The van der Waals surface area contributed by atoms with Crippen molar-refractivity contribution in [1.29, 1.82) is 0 Å². The van der Waals surface area contributed by atoms with Gasteiger partial charge in [-0.2, -0.15) is 0 Å². The Kier molecular flexibility index (Phi) is 11.2. The topological polar surface area (TPSA) is 79.3 Å². The number of aliphatic hydroxyl groups is 1. The number of rotatable bonds is 15. The molecular formula is C35H42N2O5. The second-order valence-electron chi connectivity index (χ2n) is 10.4. The molecule has 3 aromatic carbocycles. The molecule has 42 heavy (non-hydrogen) atoms. The molecule has 3 aromatic rings. The normalized spacial score (nSPS) is 16.3. The zero-order valence-corrected chi connectivity index (χ0v) is 24.9. The third kappa shape index (κ3) is 7.59. The van der Waals surface area contributed by atoms with Crippen LogP contribution < -0.4 is 9.47 Å². The van der Waals surface area contributed by atoms with Crippen LogP contribution in [0.2, 0.25) is 0 Å². The summed E-state index contributed by atoms with van der Waals surface area (Å²) in [6, 6.07) is 23.7. The fourth-order valence-electron chi connectivity index (χ4n) is 5.17. The summed E-state index contributed by atoms with van der Waals surface area (Å²) in [5.74, 6) is -0.187. The molecule has 1 fully saturated rings. The van der Waals surface area contributed by atoms with Gasteiger partial charge in [0.05, 0.1) is 18.2 Å². The van der Waals surface area contributed by atoms with E-state index in [1.807, 2.05) is 60.7 Å². The van der Waals surface area contributed by atoms with E-state index >= 15 is 0 Å². The molecule has 0 radical (unpaired) electrons. The number of Topliss-reactive ketones (excluding diaryl/α,β-unsaturated/α-hetero) is 1. The highest BCUT2D eigenvalue weighted by molar-refractivity contribution is 6.46. The van der Waals surface area contributed by atoms with Gasteiger partial charge in [-0.1, -0.05) is 81.8 Å². The molecule has 0 aromatic heterocycles. The Labute approximate surface area is 249 Å². The highest BCUT2D eigenvalue weighted by Crippen LogP contribution is 2.40. The Hall–Kier alpha value is -4.10. The fraction of sp³-hybridized carbons (Fsp3) is 0.371. The van der Waals surface area contributed by atoms with Crippen molar-refractivity contribution in [3.8, 4) is 11.5 Å². The van der Waals surface area contributed by atoms with Crippen molar-refractivity contribution in [1.82, 2.24) is 9.80 Å². The van der Waals surface area contributed by atoms with E-state index in [4.69, 9.17) is 9.47 Å². The average molecular weight is 571 g/mol. The van der Waals surface area contributed by atoms with Gasteiger partial charge >= 0.3 is 0 Å². The fourth-order valence-corrected chi connectivity index (χ4v) is 5.17. The van der Waals surface area contributed by atoms with Crippen molar-refractivity contribution in [2.75, 3.05) is 32.8 Å². The maximum Gasteiger partial charge on any atom is 0.295 e. The molecule has 1 N–H and O–H groups in total. The van der Waals surface area contributed by atoms with E-state index in [2.05, 4.69) is 25.7 Å². The smallest absolute Gasteiger partial charge is 0.295 e. The molecule has 1 aliphatic rings. The van der Waals surface area contributed by atoms with Gasteiger partial charge in [-0.3, -0.25) is 9.59 Å². The number of hydrogen-bond donors (Lipinski definition) is 1. The first-order valence-corrected chi connectivity index (χ1v) is 15.0. The number of amides is 1. The lowest BCUT2D eigenvalue weighted by atomic mass is 9.95. The van der Waals surface area contributed by atoms with Gasteiger partial charge in [-0.05, 0) is 67.9 Å². The molecular weight excluding hydrogens is 528 g/mol. The predicted molar refractivity (Wildman–Crippen MR) is 165 cm³/mol. The summed E-state index contributed by atoms with van der Waals surface area (Å²) in [5, 5.41) is 11.5. The van der Waals surface area contributed by atoms with Crippen molar-refractivity contribution in [3.05, 3.63) is 101 Å². The van der Waals surface area contributed by atoms with Gasteiger partial charge in [0.1, 0.15) is 23.9 Å². The molecule has 7 heteroatoms. The van der Waals surface area contributed by atoms with Gasteiger partial charge in [-0.15, -0.1) is 0 Å². The lowest BCUT2D eigenvalue weighted by Gasteiger charge is -2.27. The second kappa shape index (κ2) is 15.2. The van der Waals surface area contributed by atoms with Crippen LogP contribution in [0.5, 0.6) is 11.5 Å². The first kappa shape index (κ1) is 30.8. The van der Waals surface area contributed by atoms with Crippen LogP contribution in [0.25, 0.3) is 5.76 Å². The molecule has 0 bridgehead atoms. The Morgan fingerprint density at radius 3 is 2.29 bits per heavy atom. The monoisotopic (exact) mass is 570 g/mol. The maximum absolute atomic E-state index is 13.5. The average Bonchev–Trinajstić information content (AvgIpc) is 3.28. The van der Waals surface area contributed by atoms with Crippen LogP contribution in [0.4, 0.5) is 0 Å². The quantitative estimate of drug-likeness (QED) is 0.0960. The molecule has 0 spiro atoms. The van der Waals surface area contributed by atoms with Crippen molar-refractivity contribution < 1.29 is 24.2 Å². The van der Waals surface area contributed by atoms with Crippen molar-refractivity contribution in [2.45, 2.75) is 52.7 Å². The minimum atomic E-state index is -0.713. The number of hydrogen-bond acceptors (Lipinski definition) is 6. The molecule has 4 rings (SSSR count). The molecule has 0 aliphatic carbocycles. The van der Waals surface area contributed by atoms with Crippen molar-refractivity contribution in [3.63, 3.8) is 0 Å². The highest BCUT2D eigenvalue weighted by atomic mass is 16.5. The second-order valence-corrected chi connectivity index (χ2v) is 10.4. The number of unbranched alkanes of at least 4 members (excludes halogenated alkanes) is 1. The van der Waals surface area contributed by atoms with Crippen LogP contribution in [-0.4, -0.2) is 59.4 Å². The van der Waals surface area contributed by atoms with Crippen LogP contribution in [0.1, 0.15) is 62.8 Å². The molecule has 1 amide bonds. The summed E-state index contributed by atoms with van der Waals surface area (Å²) >= 11 is 0. The summed E-state index contributed by atoms with van der Waals surface area (Å²) in [7, 11) is 0. The van der Waals surface area contributed by atoms with Crippen molar-refractivity contribution >= 4 is 17.4 Å². The minimum absolute atomic E-state index is 0.0894. The first-order chi connectivity index (χ1) is 20.5. The van der Waals surface area contributed by atoms with Crippen molar-refractivity contribution in [2.24, 2.45) is 0 Å². The number of ketones is 1. The summed E-state index contributed by atoms with van der Waals surface area (Å²) < 4.78 is 11.8. The third-order valence-electron chi connectivity index (χ3n) is 7.63. The molecule has 1 saturated heterocycles. The molecule has 7 nitrogen and oxygen atoms in total. The van der Waals surface area contributed by atoms with E-state index in [0.717, 1.165) is 43.6 Å². The molecule has 1 atom stereocenters. The predicted octanol–water partition coefficient (Wildman–Crippen LogP) is 6.60. The zero-order valence-electron chi connectivity index (χ0n) is 24.9. The number of aliphatic hydroxyl groups excluding tert-OH is 1. The van der Waals surface area contributed by atoms with Gasteiger partial charge < -0.3 is 24.4 Å².